The van der Waals surface area contributed by atoms with Crippen LogP contribution >= 0.6 is 0 Å². The monoisotopic (exact) mass is 107 g/mol. The molecule has 8 heavy (non-hydrogen) atoms. The average molecular weight is 107 g/mol. The summed E-state index contributed by atoms with van der Waals surface area (Å²) in [5.74, 6) is 5.80. The van der Waals surface area contributed by atoms with Gasteiger partial charge in [0.2, 0.25) is 0 Å². The minimum atomic E-state index is 0.479. The zero-order chi connectivity index (χ0) is 5.82. The smallest absolute Gasteiger partial charge is 0.273 e. The second-order valence-corrected chi connectivity index (χ2v) is 1.21. The third-order valence-corrected chi connectivity index (χ3v) is 0.664. The van der Waals surface area contributed by atoms with Crippen LogP contribution < -0.4 is 0 Å². The fourth-order valence-electron chi connectivity index (χ4n) is 0.392. The first-order chi connectivity index (χ1) is 3.93. The van der Waals surface area contributed by atoms with Gasteiger partial charge in [-0.3, -0.25) is 0 Å². The van der Waals surface area contributed by atoms with Crippen molar-refractivity contribution in [3.8, 4) is 11.8 Å². The van der Waals surface area contributed by atoms with Crippen molar-refractivity contribution in [1.29, 1.82) is 0 Å². The van der Waals surface area contributed by atoms with Crippen molar-refractivity contribution in [3.05, 3.63) is 18.4 Å². The number of nitrogens with zero attached hydrogens (tertiary/aromatic N) is 1. The molecule has 0 fully saturated rings. The predicted octanol–water partition coefficient (Wildman–Crippen LogP) is 1.05. The third-order valence-electron chi connectivity index (χ3n) is 0.664. The first kappa shape index (κ1) is 4.92. The lowest BCUT2D eigenvalue weighted by molar-refractivity contribution is 0.543. The average Bonchev–Trinajstić information content (AvgIpc) is 2.19. The van der Waals surface area contributed by atoms with Gasteiger partial charge in [-0.15, -0.1) is 0 Å². The second-order valence-electron chi connectivity index (χ2n) is 1.21. The molecule has 0 bridgehead atoms. The van der Waals surface area contributed by atoms with Crippen LogP contribution in [0.15, 0.2) is 16.9 Å². The zero-order valence-electron chi connectivity index (χ0n) is 4.51. The van der Waals surface area contributed by atoms with Crippen molar-refractivity contribution in [2.75, 3.05) is 0 Å². The van der Waals surface area contributed by atoms with E-state index in [4.69, 9.17) is 4.42 Å². The van der Waals surface area contributed by atoms with Gasteiger partial charge in [0.1, 0.15) is 6.26 Å². The first-order valence-electron chi connectivity index (χ1n) is 2.25. The van der Waals surface area contributed by atoms with Gasteiger partial charge in [0.15, 0.2) is 0 Å². The van der Waals surface area contributed by atoms with Gasteiger partial charge in [-0.1, -0.05) is 5.92 Å². The van der Waals surface area contributed by atoms with Crippen LogP contribution in [0, 0.1) is 11.8 Å². The topological polar surface area (TPSA) is 26.0 Å². The Bertz CT molecular complexity index is 202. The van der Waals surface area contributed by atoms with Gasteiger partial charge in [0, 0.05) is 0 Å². The van der Waals surface area contributed by atoms with E-state index >= 15 is 0 Å². The van der Waals surface area contributed by atoms with Gasteiger partial charge < -0.3 is 4.42 Å². The van der Waals surface area contributed by atoms with E-state index in [0.29, 0.717) is 5.89 Å². The van der Waals surface area contributed by atoms with Crippen molar-refractivity contribution in [1.82, 2.24) is 4.98 Å². The van der Waals surface area contributed by atoms with Crippen molar-refractivity contribution < 1.29 is 4.42 Å². The summed E-state index contributed by atoms with van der Waals surface area (Å²) in [7, 11) is 0. The van der Waals surface area contributed by atoms with E-state index in [0.717, 1.165) is 0 Å². The lowest BCUT2D eigenvalue weighted by Gasteiger charge is -1.69. The maximum Gasteiger partial charge on any atom is 0.273 e. The Morgan fingerprint density at radius 2 is 2.62 bits per heavy atom. The number of rotatable bonds is 0. The van der Waals surface area contributed by atoms with Gasteiger partial charge in [-0.05, 0) is 12.8 Å². The molecule has 1 aromatic heterocycles. The molecule has 0 saturated heterocycles. The highest BCUT2D eigenvalue weighted by molar-refractivity contribution is 5.15. The summed E-state index contributed by atoms with van der Waals surface area (Å²) in [6.45, 7) is 1.74. The fourth-order valence-corrected chi connectivity index (χ4v) is 0.392. The van der Waals surface area contributed by atoms with Gasteiger partial charge >= 0.3 is 0 Å². The largest absolute Gasteiger partial charge is 0.439 e. The molecule has 0 aliphatic heterocycles. The molecule has 1 heterocycles. The second kappa shape index (κ2) is 2.17. The highest BCUT2D eigenvalue weighted by atomic mass is 16.3. The minimum absolute atomic E-state index is 0.479. The molecule has 0 aliphatic rings. The Balaban J connectivity index is 2.88. The van der Waals surface area contributed by atoms with Gasteiger partial charge in [0.25, 0.3) is 5.89 Å². The van der Waals surface area contributed by atoms with E-state index in [1.54, 1.807) is 13.1 Å². The quantitative estimate of drug-likeness (QED) is 0.463. The summed E-state index contributed by atoms with van der Waals surface area (Å²) >= 11 is 0. The van der Waals surface area contributed by atoms with Gasteiger partial charge in [-0.25, -0.2) is 4.98 Å². The molecule has 40 valence electrons. The van der Waals surface area contributed by atoms with Crippen molar-refractivity contribution in [3.63, 3.8) is 0 Å². The fraction of sp³-hybridized carbons (Fsp3) is 0.167. The maximum absolute atomic E-state index is 4.79. The molecule has 0 spiro atoms. The Morgan fingerprint density at radius 1 is 1.75 bits per heavy atom. The molecule has 0 unspecified atom stereocenters. The molecule has 2 heteroatoms. The van der Waals surface area contributed by atoms with Crippen molar-refractivity contribution >= 4 is 0 Å². The lowest BCUT2D eigenvalue weighted by atomic mass is 10.6. The maximum atomic E-state index is 4.79. The van der Waals surface area contributed by atoms with Gasteiger partial charge in [-0.2, -0.15) is 0 Å². The van der Waals surface area contributed by atoms with Crippen LogP contribution in [-0.2, 0) is 0 Å². The summed E-state index contributed by atoms with van der Waals surface area (Å²) in [5, 5.41) is 0. The van der Waals surface area contributed by atoms with Crippen LogP contribution in [0.2, 0.25) is 0 Å². The number of hydrogen-bond donors (Lipinski definition) is 0. The standard InChI is InChI=1S/C6H5NO/c1-2-3-6-7-4-5-8-6/h4-5H,1H3. The molecule has 1 rings (SSSR count). The molecule has 0 N–H and O–H groups in total. The molecule has 0 aliphatic carbocycles. The number of hydrogen-bond acceptors (Lipinski definition) is 2. The van der Waals surface area contributed by atoms with Crippen molar-refractivity contribution in [2.24, 2.45) is 0 Å². The van der Waals surface area contributed by atoms with E-state index in [9.17, 15) is 0 Å². The molecule has 0 aromatic carbocycles. The molecule has 0 atom stereocenters. The van der Waals surface area contributed by atoms with Crippen LogP contribution in [0.1, 0.15) is 12.8 Å². The van der Waals surface area contributed by atoms with E-state index < -0.39 is 0 Å². The molecule has 2 nitrogen and oxygen atoms in total. The minimum Gasteiger partial charge on any atom is -0.439 e. The van der Waals surface area contributed by atoms with E-state index in [1.165, 1.54) is 6.26 Å². The van der Waals surface area contributed by atoms with Gasteiger partial charge in [0.05, 0.1) is 6.20 Å². The normalized spacial score (nSPS) is 7.62. The summed E-state index contributed by atoms with van der Waals surface area (Å²) < 4.78 is 4.79. The molecular weight excluding hydrogens is 102 g/mol. The molecule has 0 saturated carbocycles. The summed E-state index contributed by atoms with van der Waals surface area (Å²) in [4.78, 5) is 3.77. The lowest BCUT2D eigenvalue weighted by Crippen LogP contribution is -1.66. The van der Waals surface area contributed by atoms with E-state index in [2.05, 4.69) is 16.8 Å². The SMILES string of the molecule is CC#Cc1ncco1. The summed E-state index contributed by atoms with van der Waals surface area (Å²) in [5.41, 5.74) is 0. The number of aromatic nitrogens is 1. The highest BCUT2D eigenvalue weighted by Crippen LogP contribution is 1.88. The summed E-state index contributed by atoms with van der Waals surface area (Å²) in [6, 6.07) is 0. The Hall–Kier alpha value is -1.23. The number of oxazole rings is 1. The molecule has 1 aromatic rings. The van der Waals surface area contributed by atoms with Crippen LogP contribution in [0.4, 0.5) is 0 Å². The Labute approximate surface area is 47.5 Å². The van der Waals surface area contributed by atoms with Crippen LogP contribution in [0.5, 0.6) is 0 Å². The van der Waals surface area contributed by atoms with Crippen LogP contribution in [0.3, 0.4) is 0 Å². The van der Waals surface area contributed by atoms with Crippen molar-refractivity contribution in [2.45, 2.75) is 6.92 Å². The zero-order valence-corrected chi connectivity index (χ0v) is 4.51. The molecular formula is C6H5NO. The van der Waals surface area contributed by atoms with Crippen LogP contribution in [-0.4, -0.2) is 4.98 Å². The Kier molecular flexibility index (Phi) is 1.34. The van der Waals surface area contributed by atoms with E-state index in [1.807, 2.05) is 0 Å². The molecule has 0 radical (unpaired) electrons. The summed E-state index contributed by atoms with van der Waals surface area (Å²) in [6.07, 6.45) is 3.07. The third kappa shape index (κ3) is 0.881. The molecule has 0 amide bonds. The van der Waals surface area contributed by atoms with E-state index in [-0.39, 0.29) is 0 Å². The Morgan fingerprint density at radius 3 is 3.12 bits per heavy atom. The highest BCUT2D eigenvalue weighted by Gasteiger charge is 1.83. The first-order valence-corrected chi connectivity index (χ1v) is 2.25. The predicted molar refractivity (Wildman–Crippen MR) is 29.1 cm³/mol. The van der Waals surface area contributed by atoms with Crippen LogP contribution in [0.25, 0.3) is 0 Å².